The summed E-state index contributed by atoms with van der Waals surface area (Å²) in [5.41, 5.74) is 5.33. The highest BCUT2D eigenvalue weighted by atomic mass is 16.4. The molecule has 0 heterocycles. The number of carbonyl (C=O) groups excluding carboxylic acids is 1. The maximum atomic E-state index is 11.2. The monoisotopic (exact) mass is 204 g/mol. The molecule has 0 aliphatic carbocycles. The molecule has 0 fully saturated rings. The molecule has 3 atom stereocenters. The number of rotatable bonds is 5. The average molecular weight is 204 g/mol. The molecule has 6 nitrogen and oxygen atoms in total. The average Bonchev–Trinajstić information content (AvgIpc) is 2.00. The predicted octanol–water partition coefficient (Wildman–Crippen LogP) is -1.33. The molecule has 0 spiro atoms. The van der Waals surface area contributed by atoms with E-state index in [1.807, 2.05) is 0 Å². The molecule has 3 unspecified atom stereocenters. The molecule has 6 heteroatoms. The molecule has 0 radical (unpaired) electrons. The van der Waals surface area contributed by atoms with Crippen LogP contribution >= 0.6 is 0 Å². The number of nitrogens with one attached hydrogen (secondary N) is 1. The minimum atomic E-state index is -1.02. The second-order valence-corrected chi connectivity index (χ2v) is 3.27. The summed E-state index contributed by atoms with van der Waals surface area (Å²) >= 11 is 0. The van der Waals surface area contributed by atoms with Gasteiger partial charge in [0.25, 0.3) is 0 Å². The Morgan fingerprint density at radius 3 is 2.29 bits per heavy atom. The fraction of sp³-hybridized carbons (Fsp3) is 0.750. The van der Waals surface area contributed by atoms with E-state index >= 15 is 0 Å². The van der Waals surface area contributed by atoms with Crippen LogP contribution in [0.4, 0.5) is 0 Å². The maximum Gasteiger partial charge on any atom is 0.305 e. The van der Waals surface area contributed by atoms with Crippen LogP contribution in [0.15, 0.2) is 0 Å². The van der Waals surface area contributed by atoms with Crippen molar-refractivity contribution in [2.75, 3.05) is 0 Å². The lowest BCUT2D eigenvalue weighted by Gasteiger charge is -2.17. The third-order valence-corrected chi connectivity index (χ3v) is 1.69. The number of carboxylic acid groups (broad SMARTS) is 1. The van der Waals surface area contributed by atoms with Crippen molar-refractivity contribution < 1.29 is 19.8 Å². The minimum Gasteiger partial charge on any atom is -0.481 e. The summed E-state index contributed by atoms with van der Waals surface area (Å²) in [6.07, 6.45) is -1.12. The smallest absolute Gasteiger partial charge is 0.305 e. The van der Waals surface area contributed by atoms with E-state index in [0.717, 1.165) is 0 Å². The SMILES string of the molecule is CC(CC(=O)O)NC(=O)C(N)C(C)O. The predicted molar refractivity (Wildman–Crippen MR) is 49.5 cm³/mol. The third-order valence-electron chi connectivity index (χ3n) is 1.69. The van der Waals surface area contributed by atoms with Crippen LogP contribution < -0.4 is 11.1 Å². The fourth-order valence-electron chi connectivity index (χ4n) is 0.871. The molecule has 0 bridgehead atoms. The Hall–Kier alpha value is -1.14. The number of aliphatic carboxylic acids is 1. The fourth-order valence-corrected chi connectivity index (χ4v) is 0.871. The first-order valence-electron chi connectivity index (χ1n) is 4.30. The van der Waals surface area contributed by atoms with Gasteiger partial charge in [0.1, 0.15) is 6.04 Å². The molecule has 0 saturated heterocycles. The zero-order valence-electron chi connectivity index (χ0n) is 8.23. The third kappa shape index (κ3) is 4.78. The Morgan fingerprint density at radius 2 is 1.93 bits per heavy atom. The van der Waals surface area contributed by atoms with Crippen molar-refractivity contribution in [2.45, 2.75) is 38.5 Å². The van der Waals surface area contributed by atoms with Gasteiger partial charge in [0, 0.05) is 6.04 Å². The number of hydrogen-bond acceptors (Lipinski definition) is 4. The molecular weight excluding hydrogens is 188 g/mol. The van der Waals surface area contributed by atoms with E-state index < -0.39 is 30.1 Å². The molecule has 14 heavy (non-hydrogen) atoms. The normalized spacial score (nSPS) is 16.9. The summed E-state index contributed by atoms with van der Waals surface area (Å²) in [5.74, 6) is -1.54. The van der Waals surface area contributed by atoms with Gasteiger partial charge in [-0.05, 0) is 13.8 Å². The summed E-state index contributed by atoms with van der Waals surface area (Å²) in [5, 5.41) is 19.8. The zero-order chi connectivity index (χ0) is 11.3. The van der Waals surface area contributed by atoms with Gasteiger partial charge in [-0.25, -0.2) is 0 Å². The summed E-state index contributed by atoms with van der Waals surface area (Å²) in [6, 6.07) is -1.52. The molecular formula is C8H16N2O4. The first kappa shape index (κ1) is 12.9. The van der Waals surface area contributed by atoms with E-state index in [4.69, 9.17) is 15.9 Å². The van der Waals surface area contributed by atoms with Gasteiger partial charge in [-0.3, -0.25) is 9.59 Å². The Balaban J connectivity index is 3.99. The van der Waals surface area contributed by atoms with E-state index in [1.165, 1.54) is 6.92 Å². The quantitative estimate of drug-likeness (QED) is 0.443. The van der Waals surface area contributed by atoms with Gasteiger partial charge in [-0.2, -0.15) is 0 Å². The largest absolute Gasteiger partial charge is 0.481 e. The number of nitrogens with two attached hydrogens (primary N) is 1. The molecule has 1 amide bonds. The van der Waals surface area contributed by atoms with Gasteiger partial charge >= 0.3 is 5.97 Å². The lowest BCUT2D eigenvalue weighted by molar-refractivity contribution is -0.137. The summed E-state index contributed by atoms with van der Waals surface area (Å²) in [6.45, 7) is 2.95. The van der Waals surface area contributed by atoms with Crippen LogP contribution in [-0.2, 0) is 9.59 Å². The van der Waals surface area contributed by atoms with Crippen molar-refractivity contribution in [1.82, 2.24) is 5.32 Å². The van der Waals surface area contributed by atoms with Crippen LogP contribution in [0.2, 0.25) is 0 Å². The first-order valence-corrected chi connectivity index (χ1v) is 4.30. The molecule has 0 aromatic carbocycles. The van der Waals surface area contributed by atoms with Gasteiger partial charge in [-0.15, -0.1) is 0 Å². The summed E-state index contributed by atoms with van der Waals surface area (Å²) in [4.78, 5) is 21.5. The summed E-state index contributed by atoms with van der Waals surface area (Å²) in [7, 11) is 0. The first-order chi connectivity index (χ1) is 6.34. The van der Waals surface area contributed by atoms with E-state index in [1.54, 1.807) is 6.92 Å². The van der Waals surface area contributed by atoms with Gasteiger partial charge in [0.15, 0.2) is 0 Å². The number of carboxylic acids is 1. The van der Waals surface area contributed by atoms with Crippen LogP contribution in [0.25, 0.3) is 0 Å². The molecule has 0 aliphatic heterocycles. The molecule has 0 aromatic heterocycles. The van der Waals surface area contributed by atoms with Gasteiger partial charge in [0.2, 0.25) is 5.91 Å². The number of aliphatic hydroxyl groups excluding tert-OH is 1. The lowest BCUT2D eigenvalue weighted by Crippen LogP contribution is -2.49. The summed E-state index contributed by atoms with van der Waals surface area (Å²) < 4.78 is 0. The Morgan fingerprint density at radius 1 is 1.43 bits per heavy atom. The number of aliphatic hydroxyl groups is 1. The lowest BCUT2D eigenvalue weighted by atomic mass is 10.1. The van der Waals surface area contributed by atoms with E-state index in [9.17, 15) is 9.59 Å². The Labute approximate surface area is 82.1 Å². The van der Waals surface area contributed by atoms with Crippen LogP contribution in [0.3, 0.4) is 0 Å². The van der Waals surface area contributed by atoms with Crippen molar-refractivity contribution in [3.05, 3.63) is 0 Å². The molecule has 0 aromatic rings. The molecule has 0 rings (SSSR count). The van der Waals surface area contributed by atoms with Crippen LogP contribution in [0.5, 0.6) is 0 Å². The Kier molecular flexibility index (Phi) is 5.11. The second-order valence-electron chi connectivity index (χ2n) is 3.27. The number of hydrogen-bond donors (Lipinski definition) is 4. The number of amides is 1. The van der Waals surface area contributed by atoms with Crippen molar-refractivity contribution in [1.29, 1.82) is 0 Å². The van der Waals surface area contributed by atoms with Crippen LogP contribution in [0, 0.1) is 0 Å². The number of carbonyl (C=O) groups is 2. The van der Waals surface area contributed by atoms with E-state index in [0.29, 0.717) is 0 Å². The van der Waals surface area contributed by atoms with Gasteiger partial charge in [0.05, 0.1) is 12.5 Å². The van der Waals surface area contributed by atoms with Crippen LogP contribution in [0.1, 0.15) is 20.3 Å². The highest BCUT2D eigenvalue weighted by molar-refractivity contribution is 5.82. The minimum absolute atomic E-state index is 0.168. The molecule has 0 saturated carbocycles. The molecule has 0 aliphatic rings. The highest BCUT2D eigenvalue weighted by Gasteiger charge is 2.20. The standard InChI is InChI=1S/C8H16N2O4/c1-4(3-6(12)13)10-8(14)7(9)5(2)11/h4-5,7,11H,3,9H2,1-2H3,(H,10,14)(H,12,13). The van der Waals surface area contributed by atoms with Crippen molar-refractivity contribution in [2.24, 2.45) is 5.73 Å². The zero-order valence-corrected chi connectivity index (χ0v) is 8.23. The Bertz CT molecular complexity index is 217. The topological polar surface area (TPSA) is 113 Å². The molecule has 5 N–H and O–H groups in total. The van der Waals surface area contributed by atoms with Crippen molar-refractivity contribution >= 4 is 11.9 Å². The van der Waals surface area contributed by atoms with Gasteiger partial charge < -0.3 is 21.3 Å². The maximum absolute atomic E-state index is 11.2. The molecule has 82 valence electrons. The van der Waals surface area contributed by atoms with Crippen molar-refractivity contribution in [3.63, 3.8) is 0 Å². The van der Waals surface area contributed by atoms with Crippen molar-refractivity contribution in [3.8, 4) is 0 Å². The van der Waals surface area contributed by atoms with E-state index in [2.05, 4.69) is 5.32 Å². The highest BCUT2D eigenvalue weighted by Crippen LogP contribution is 1.94. The van der Waals surface area contributed by atoms with E-state index in [-0.39, 0.29) is 6.42 Å². The van der Waals surface area contributed by atoms with Gasteiger partial charge in [-0.1, -0.05) is 0 Å². The van der Waals surface area contributed by atoms with Crippen LogP contribution in [-0.4, -0.2) is 40.3 Å². The second kappa shape index (κ2) is 5.56.